The van der Waals surface area contributed by atoms with E-state index in [0.717, 1.165) is 18.3 Å². The third kappa shape index (κ3) is 0.675. The summed E-state index contributed by atoms with van der Waals surface area (Å²) in [6.45, 7) is 2.15. The van der Waals surface area contributed by atoms with Crippen LogP contribution < -0.4 is 0 Å². The Hall–Kier alpha value is -0.590. The summed E-state index contributed by atoms with van der Waals surface area (Å²) in [7, 11) is 0. The SMILES string of the molecule is CC1=CC2CC3CC(C2)C1C3=O. The van der Waals surface area contributed by atoms with Crippen molar-refractivity contribution in [3.05, 3.63) is 11.6 Å². The molecular formula is C11H14O. The number of hydrogen-bond acceptors (Lipinski definition) is 1. The van der Waals surface area contributed by atoms with Crippen LogP contribution in [-0.4, -0.2) is 5.78 Å². The molecule has 0 spiro atoms. The van der Waals surface area contributed by atoms with Gasteiger partial charge in [-0.05, 0) is 38.0 Å². The fourth-order valence-electron chi connectivity index (χ4n) is 3.61. The maximum Gasteiger partial charge on any atom is 0.143 e. The van der Waals surface area contributed by atoms with E-state index in [1.54, 1.807) is 0 Å². The van der Waals surface area contributed by atoms with Crippen molar-refractivity contribution in [1.82, 2.24) is 0 Å². The molecule has 0 aromatic rings. The zero-order chi connectivity index (χ0) is 8.29. The summed E-state index contributed by atoms with van der Waals surface area (Å²) in [6, 6.07) is 0. The number of rotatable bonds is 0. The number of Topliss-reactive ketones (excluding diaryl/α,β-unsaturated/α-hetero) is 1. The van der Waals surface area contributed by atoms with E-state index in [0.29, 0.717) is 17.6 Å². The highest BCUT2D eigenvalue weighted by molar-refractivity contribution is 5.89. The second-order valence-electron chi connectivity index (χ2n) is 4.71. The molecule has 0 heterocycles. The number of allylic oxidation sites excluding steroid dienone is 2. The van der Waals surface area contributed by atoms with Crippen molar-refractivity contribution in [2.24, 2.45) is 23.7 Å². The van der Waals surface area contributed by atoms with Gasteiger partial charge in [-0.1, -0.05) is 11.6 Å². The predicted octanol–water partition coefficient (Wildman–Crippen LogP) is 2.18. The van der Waals surface area contributed by atoms with Crippen molar-refractivity contribution in [3.63, 3.8) is 0 Å². The first-order valence-corrected chi connectivity index (χ1v) is 4.97. The minimum atomic E-state index is 0.341. The van der Waals surface area contributed by atoms with Gasteiger partial charge in [0, 0.05) is 11.8 Å². The van der Waals surface area contributed by atoms with Crippen LogP contribution in [-0.2, 0) is 4.79 Å². The molecular weight excluding hydrogens is 148 g/mol. The highest BCUT2D eigenvalue weighted by Gasteiger charge is 2.49. The summed E-state index contributed by atoms with van der Waals surface area (Å²) >= 11 is 0. The van der Waals surface area contributed by atoms with Gasteiger partial charge >= 0.3 is 0 Å². The van der Waals surface area contributed by atoms with Crippen molar-refractivity contribution in [2.45, 2.75) is 26.2 Å². The fourth-order valence-corrected chi connectivity index (χ4v) is 3.61. The van der Waals surface area contributed by atoms with Gasteiger partial charge in [-0.3, -0.25) is 4.79 Å². The lowest BCUT2D eigenvalue weighted by molar-refractivity contribution is -0.123. The molecule has 3 aliphatic rings. The topological polar surface area (TPSA) is 17.1 Å². The second kappa shape index (κ2) is 2.01. The van der Waals surface area contributed by atoms with Crippen molar-refractivity contribution >= 4 is 5.78 Å². The zero-order valence-electron chi connectivity index (χ0n) is 7.42. The molecule has 2 fully saturated rings. The molecule has 2 saturated carbocycles. The van der Waals surface area contributed by atoms with E-state index in [4.69, 9.17) is 0 Å². The Morgan fingerprint density at radius 1 is 1.33 bits per heavy atom. The monoisotopic (exact) mass is 162 g/mol. The number of carbonyl (C=O) groups excluding carboxylic acids is 1. The quantitative estimate of drug-likeness (QED) is 0.499. The predicted molar refractivity (Wildman–Crippen MR) is 46.6 cm³/mol. The minimum absolute atomic E-state index is 0.341. The Bertz CT molecular complexity index is 277. The summed E-state index contributed by atoms with van der Waals surface area (Å²) in [5.41, 5.74) is 1.38. The molecule has 0 saturated heterocycles. The van der Waals surface area contributed by atoms with Crippen molar-refractivity contribution in [1.29, 1.82) is 0 Å². The first-order valence-electron chi connectivity index (χ1n) is 4.97. The highest BCUT2D eigenvalue weighted by atomic mass is 16.1. The van der Waals surface area contributed by atoms with Crippen LogP contribution >= 0.6 is 0 Å². The average molecular weight is 162 g/mol. The molecule has 12 heavy (non-hydrogen) atoms. The fraction of sp³-hybridized carbons (Fsp3) is 0.727. The van der Waals surface area contributed by atoms with Crippen molar-refractivity contribution in [3.8, 4) is 0 Å². The number of ketones is 1. The average Bonchev–Trinajstić information content (AvgIpc) is 2.18. The summed E-state index contributed by atoms with van der Waals surface area (Å²) in [5.74, 6) is 2.82. The van der Waals surface area contributed by atoms with Crippen molar-refractivity contribution < 1.29 is 4.79 Å². The summed E-state index contributed by atoms with van der Waals surface area (Å²) < 4.78 is 0. The molecule has 3 rings (SSSR count). The molecule has 1 heteroatoms. The second-order valence-corrected chi connectivity index (χ2v) is 4.71. The third-order valence-electron chi connectivity index (χ3n) is 3.95. The van der Waals surface area contributed by atoms with Gasteiger partial charge in [0.1, 0.15) is 5.78 Å². The molecule has 1 nitrogen and oxygen atoms in total. The lowest BCUT2D eigenvalue weighted by Crippen LogP contribution is -2.22. The first kappa shape index (κ1) is 6.88. The molecule has 4 atom stereocenters. The lowest BCUT2D eigenvalue weighted by Gasteiger charge is -2.30. The summed E-state index contributed by atoms with van der Waals surface area (Å²) in [6.07, 6.45) is 6.01. The van der Waals surface area contributed by atoms with Crippen LogP contribution in [0.15, 0.2) is 11.6 Å². The molecule has 64 valence electrons. The van der Waals surface area contributed by atoms with E-state index in [-0.39, 0.29) is 0 Å². The van der Waals surface area contributed by atoms with Crippen LogP contribution in [0, 0.1) is 23.7 Å². The molecule has 0 N–H and O–H groups in total. The van der Waals surface area contributed by atoms with Crippen LogP contribution in [0.3, 0.4) is 0 Å². The van der Waals surface area contributed by atoms with E-state index in [1.165, 1.54) is 18.4 Å². The Morgan fingerprint density at radius 3 is 3.00 bits per heavy atom. The normalized spacial score (nSPS) is 49.8. The van der Waals surface area contributed by atoms with Gasteiger partial charge in [0.05, 0.1) is 0 Å². The van der Waals surface area contributed by atoms with Gasteiger partial charge in [-0.2, -0.15) is 0 Å². The number of carbonyl (C=O) groups is 1. The molecule has 0 aromatic carbocycles. The number of fused-ring (bicyclic) bond motifs is 2. The van der Waals surface area contributed by atoms with E-state index in [2.05, 4.69) is 13.0 Å². The van der Waals surface area contributed by atoms with E-state index < -0.39 is 0 Å². The summed E-state index contributed by atoms with van der Waals surface area (Å²) in [4.78, 5) is 11.8. The van der Waals surface area contributed by atoms with Gasteiger partial charge in [0.15, 0.2) is 0 Å². The first-order chi connectivity index (χ1) is 5.75. The smallest absolute Gasteiger partial charge is 0.143 e. The zero-order valence-corrected chi connectivity index (χ0v) is 7.42. The molecule has 0 radical (unpaired) electrons. The maximum absolute atomic E-state index is 11.8. The Kier molecular flexibility index (Phi) is 1.15. The van der Waals surface area contributed by atoms with Crippen molar-refractivity contribution in [2.75, 3.05) is 0 Å². The summed E-state index contributed by atoms with van der Waals surface area (Å²) in [5, 5.41) is 0. The van der Waals surface area contributed by atoms with Crippen LogP contribution in [0.2, 0.25) is 0 Å². The van der Waals surface area contributed by atoms with E-state index in [1.807, 2.05) is 0 Å². The third-order valence-corrected chi connectivity index (χ3v) is 3.95. The van der Waals surface area contributed by atoms with Gasteiger partial charge < -0.3 is 0 Å². The van der Waals surface area contributed by atoms with E-state index >= 15 is 0 Å². The molecule has 0 aromatic heterocycles. The Labute approximate surface area is 72.8 Å². The van der Waals surface area contributed by atoms with Crippen LogP contribution in [0.1, 0.15) is 26.2 Å². The molecule has 0 aliphatic heterocycles. The standard InChI is InChI=1S/C11H14O/c1-6-2-7-3-8-5-9(4-7)11(12)10(6)8/h2,7-10H,3-5H2,1H3. The number of hydrogen-bond donors (Lipinski definition) is 0. The van der Waals surface area contributed by atoms with Gasteiger partial charge in [-0.15, -0.1) is 0 Å². The molecule has 0 amide bonds. The van der Waals surface area contributed by atoms with Gasteiger partial charge in [0.25, 0.3) is 0 Å². The van der Waals surface area contributed by atoms with Crippen LogP contribution in [0.25, 0.3) is 0 Å². The lowest BCUT2D eigenvalue weighted by atomic mass is 9.73. The maximum atomic E-state index is 11.8. The Balaban J connectivity index is 2.12. The van der Waals surface area contributed by atoms with Gasteiger partial charge in [0.2, 0.25) is 0 Å². The molecule has 3 bridgehead atoms. The Morgan fingerprint density at radius 2 is 2.17 bits per heavy atom. The van der Waals surface area contributed by atoms with Gasteiger partial charge in [-0.25, -0.2) is 0 Å². The molecule has 3 aliphatic carbocycles. The highest BCUT2D eigenvalue weighted by Crippen LogP contribution is 2.52. The molecule has 4 unspecified atom stereocenters. The van der Waals surface area contributed by atoms with E-state index in [9.17, 15) is 4.79 Å². The minimum Gasteiger partial charge on any atom is -0.299 e. The largest absolute Gasteiger partial charge is 0.299 e. The van der Waals surface area contributed by atoms with Crippen LogP contribution in [0.5, 0.6) is 0 Å². The van der Waals surface area contributed by atoms with Crippen LogP contribution in [0.4, 0.5) is 0 Å².